The van der Waals surface area contributed by atoms with Crippen LogP contribution >= 0.6 is 11.8 Å². The van der Waals surface area contributed by atoms with Gasteiger partial charge in [-0.1, -0.05) is 194 Å². The highest BCUT2D eigenvalue weighted by molar-refractivity contribution is 8.03. The molecule has 8 aromatic carbocycles. The third-order valence-corrected chi connectivity index (χ3v) is 12.9. The summed E-state index contributed by atoms with van der Waals surface area (Å²) in [6, 6.07) is 71.7. The van der Waals surface area contributed by atoms with Crippen molar-refractivity contribution >= 4 is 28.2 Å². The largest absolute Gasteiger partial charge is 0.365 e. The average Bonchev–Trinajstić information content (AvgIpc) is 3.78. The normalized spacial score (nSPS) is 17.7. The molecule has 8 aromatic rings. The molecule has 0 spiro atoms. The number of thioether (sulfide) groups is 1. The zero-order valence-electron chi connectivity index (χ0n) is 29.5. The summed E-state index contributed by atoms with van der Waals surface area (Å²) in [6.07, 6.45) is -0.121. The molecule has 11 rings (SSSR count). The first kappa shape index (κ1) is 31.4. The summed E-state index contributed by atoms with van der Waals surface area (Å²) in [5, 5.41) is 10.6. The minimum absolute atomic E-state index is 0.0970. The maximum atomic E-state index is 4.08. The number of nitrogens with one attached hydrogen (secondary N) is 2. The van der Waals surface area contributed by atoms with Crippen molar-refractivity contribution < 1.29 is 0 Å². The Labute approximate surface area is 320 Å². The van der Waals surface area contributed by atoms with Gasteiger partial charge in [-0.15, -0.1) is 0 Å². The van der Waals surface area contributed by atoms with E-state index in [0.29, 0.717) is 0 Å². The second kappa shape index (κ2) is 12.5. The smallest absolute Gasteiger partial charge is 0.104 e. The van der Waals surface area contributed by atoms with E-state index in [2.05, 4.69) is 205 Å². The van der Waals surface area contributed by atoms with Crippen molar-refractivity contribution in [2.24, 2.45) is 0 Å². The Morgan fingerprint density at radius 3 is 1.85 bits per heavy atom. The fraction of sp³-hybridized carbons (Fsp3) is 0.0588. The highest BCUT2D eigenvalue weighted by atomic mass is 32.2. The van der Waals surface area contributed by atoms with Gasteiger partial charge in [0.05, 0.1) is 17.2 Å². The van der Waals surface area contributed by atoms with Crippen molar-refractivity contribution in [2.75, 3.05) is 0 Å². The Bertz CT molecular complexity index is 2700. The first-order valence-electron chi connectivity index (χ1n) is 18.8. The number of benzene rings is 8. The number of hydrogen-bond donors (Lipinski definition) is 2. The van der Waals surface area contributed by atoms with Gasteiger partial charge < -0.3 is 5.32 Å². The SMILES string of the molecule is c1ccc(C2=C3Sc4ccccc4C3NC(c3ccc4c(c3)C(c3ccccc3)(c3ccccc3)c3c-4c(-c4ccccc4)cc4ccccc34)N2)cc1. The molecule has 0 bridgehead atoms. The summed E-state index contributed by atoms with van der Waals surface area (Å²) >= 11 is 1.88. The number of fused-ring (bicyclic) bond motifs is 8. The Balaban J connectivity index is 1.20. The Morgan fingerprint density at radius 1 is 0.519 bits per heavy atom. The maximum Gasteiger partial charge on any atom is 0.104 e. The topological polar surface area (TPSA) is 24.1 Å². The van der Waals surface area contributed by atoms with Crippen molar-refractivity contribution in [3.63, 3.8) is 0 Å². The molecule has 2 nitrogen and oxygen atoms in total. The van der Waals surface area contributed by atoms with E-state index in [9.17, 15) is 0 Å². The summed E-state index contributed by atoms with van der Waals surface area (Å²) in [6.45, 7) is 0. The molecule has 256 valence electrons. The third kappa shape index (κ3) is 4.65. The van der Waals surface area contributed by atoms with Gasteiger partial charge in [0.2, 0.25) is 0 Å². The predicted molar refractivity (Wildman–Crippen MR) is 224 cm³/mol. The molecule has 0 saturated heterocycles. The molecule has 2 heterocycles. The van der Waals surface area contributed by atoms with Gasteiger partial charge in [-0.2, -0.15) is 0 Å². The molecule has 0 fully saturated rings. The van der Waals surface area contributed by atoms with Crippen LogP contribution in [0.1, 0.15) is 51.2 Å². The van der Waals surface area contributed by atoms with Gasteiger partial charge >= 0.3 is 0 Å². The highest BCUT2D eigenvalue weighted by Crippen LogP contribution is 2.61. The van der Waals surface area contributed by atoms with Crippen LogP contribution in [0.5, 0.6) is 0 Å². The van der Waals surface area contributed by atoms with Gasteiger partial charge in [-0.25, -0.2) is 0 Å². The van der Waals surface area contributed by atoms with E-state index >= 15 is 0 Å². The summed E-state index contributed by atoms with van der Waals surface area (Å²) in [4.78, 5) is 2.65. The van der Waals surface area contributed by atoms with Crippen LogP contribution in [0.4, 0.5) is 0 Å². The molecule has 0 amide bonds. The van der Waals surface area contributed by atoms with Crippen molar-refractivity contribution in [2.45, 2.75) is 22.5 Å². The molecule has 2 atom stereocenters. The quantitative estimate of drug-likeness (QED) is 0.186. The van der Waals surface area contributed by atoms with Crippen LogP contribution in [-0.2, 0) is 5.41 Å². The summed E-state index contributed by atoms with van der Waals surface area (Å²) in [5.74, 6) is 0. The van der Waals surface area contributed by atoms with Crippen LogP contribution in [0.3, 0.4) is 0 Å². The van der Waals surface area contributed by atoms with Crippen molar-refractivity contribution in [3.8, 4) is 22.3 Å². The summed E-state index contributed by atoms with van der Waals surface area (Å²) in [7, 11) is 0. The molecule has 2 N–H and O–H groups in total. The zero-order valence-corrected chi connectivity index (χ0v) is 30.4. The molecule has 2 unspecified atom stereocenters. The monoisotopic (exact) mass is 708 g/mol. The molecule has 3 heteroatoms. The molecule has 2 aliphatic heterocycles. The van der Waals surface area contributed by atoms with Gasteiger partial charge in [0.25, 0.3) is 0 Å². The van der Waals surface area contributed by atoms with Crippen molar-refractivity contribution in [1.82, 2.24) is 10.6 Å². The number of hydrogen-bond acceptors (Lipinski definition) is 3. The van der Waals surface area contributed by atoms with E-state index in [4.69, 9.17) is 0 Å². The second-order valence-corrected chi connectivity index (χ2v) is 15.6. The van der Waals surface area contributed by atoms with Crippen LogP contribution in [0, 0.1) is 0 Å². The molecule has 3 aliphatic rings. The van der Waals surface area contributed by atoms with Crippen LogP contribution < -0.4 is 10.6 Å². The van der Waals surface area contributed by atoms with Crippen LogP contribution in [0.25, 0.3) is 38.7 Å². The van der Waals surface area contributed by atoms with Gasteiger partial charge in [-0.3, -0.25) is 5.32 Å². The van der Waals surface area contributed by atoms with Crippen LogP contribution in [0.2, 0.25) is 0 Å². The van der Waals surface area contributed by atoms with Gasteiger partial charge in [0.1, 0.15) is 6.17 Å². The summed E-state index contributed by atoms with van der Waals surface area (Å²) in [5.41, 5.74) is 14.7. The molecule has 0 aromatic heterocycles. The minimum Gasteiger partial charge on any atom is -0.365 e. The lowest BCUT2D eigenvalue weighted by Gasteiger charge is -2.37. The van der Waals surface area contributed by atoms with E-state index in [0.717, 1.165) is 0 Å². The first-order chi connectivity index (χ1) is 26.8. The van der Waals surface area contributed by atoms with E-state index < -0.39 is 5.41 Å². The Hall–Kier alpha value is -6.13. The fourth-order valence-corrected chi connectivity index (χ4v) is 10.6. The third-order valence-electron chi connectivity index (χ3n) is 11.6. The lowest BCUT2D eigenvalue weighted by molar-refractivity contribution is 0.438. The second-order valence-electron chi connectivity index (χ2n) is 14.5. The van der Waals surface area contributed by atoms with Crippen molar-refractivity contribution in [1.29, 1.82) is 0 Å². The van der Waals surface area contributed by atoms with Gasteiger partial charge in [0.15, 0.2) is 0 Å². The highest BCUT2D eigenvalue weighted by Gasteiger charge is 2.49. The molecular weight excluding hydrogens is 673 g/mol. The fourth-order valence-electron chi connectivity index (χ4n) is 9.33. The molecular formula is C51H36N2S. The van der Waals surface area contributed by atoms with Gasteiger partial charge in [-0.05, 0) is 84.1 Å². The summed E-state index contributed by atoms with van der Waals surface area (Å²) < 4.78 is 0. The number of rotatable bonds is 5. The molecule has 54 heavy (non-hydrogen) atoms. The average molecular weight is 709 g/mol. The van der Waals surface area contributed by atoms with Crippen molar-refractivity contribution in [3.05, 3.63) is 238 Å². The lowest BCUT2D eigenvalue weighted by atomic mass is 9.66. The molecule has 0 saturated carbocycles. The zero-order chi connectivity index (χ0) is 35.6. The molecule has 0 radical (unpaired) electrons. The minimum atomic E-state index is -0.568. The maximum absolute atomic E-state index is 4.08. The standard InChI is InChI=1S/C51H36N2S/c1-5-17-33(18-6-1)42-31-35-21-13-14-26-39(35)46-45(42)40-30-29-36(32-43(40)51(46,37-22-9-3-10-23-37)38-24-11-4-12-25-38)50-52-47(34-19-7-2-8-20-34)49-48(53-50)41-27-15-16-28-44(41)54-49/h1-32,48,50,52-53H. The van der Waals surface area contributed by atoms with E-state index in [1.807, 2.05) is 11.8 Å². The van der Waals surface area contributed by atoms with E-state index in [-0.39, 0.29) is 12.2 Å². The van der Waals surface area contributed by atoms with Crippen LogP contribution in [0.15, 0.2) is 204 Å². The van der Waals surface area contributed by atoms with Crippen LogP contribution in [-0.4, -0.2) is 0 Å². The Kier molecular flexibility index (Phi) is 7.26. The Morgan fingerprint density at radius 2 is 1.13 bits per heavy atom. The van der Waals surface area contributed by atoms with Gasteiger partial charge in [0, 0.05) is 9.80 Å². The van der Waals surface area contributed by atoms with E-state index in [1.54, 1.807) is 0 Å². The van der Waals surface area contributed by atoms with E-state index in [1.165, 1.54) is 87.5 Å². The lowest BCUT2D eigenvalue weighted by Crippen LogP contribution is -2.40. The predicted octanol–water partition coefficient (Wildman–Crippen LogP) is 12.3. The molecule has 1 aliphatic carbocycles. The first-order valence-corrected chi connectivity index (χ1v) is 19.6.